The van der Waals surface area contributed by atoms with Gasteiger partial charge in [-0.3, -0.25) is 9.71 Å². The molecule has 0 aliphatic rings. The van der Waals surface area contributed by atoms with Crippen molar-refractivity contribution in [1.82, 2.24) is 19.6 Å². The van der Waals surface area contributed by atoms with Crippen LogP contribution in [0.25, 0.3) is 16.8 Å². The fourth-order valence-electron chi connectivity index (χ4n) is 2.53. The molecule has 3 aromatic heterocycles. The van der Waals surface area contributed by atoms with E-state index in [4.69, 9.17) is 5.73 Å². The van der Waals surface area contributed by atoms with Crippen LogP contribution in [-0.4, -0.2) is 28.0 Å². The molecule has 4 rings (SSSR count). The molecule has 0 aliphatic carbocycles. The molecule has 0 radical (unpaired) electrons. The lowest BCUT2D eigenvalue weighted by atomic mass is 10.1. The lowest BCUT2D eigenvalue weighted by molar-refractivity contribution is 0.600. The van der Waals surface area contributed by atoms with Gasteiger partial charge in [-0.1, -0.05) is 0 Å². The first-order chi connectivity index (χ1) is 12.9. The molecule has 0 aliphatic heterocycles. The third kappa shape index (κ3) is 3.42. The molecule has 0 fully saturated rings. The van der Waals surface area contributed by atoms with Gasteiger partial charge in [0.25, 0.3) is 10.0 Å². The van der Waals surface area contributed by atoms with E-state index in [2.05, 4.69) is 19.8 Å². The number of halogens is 1. The lowest BCUT2D eigenvalue weighted by Crippen LogP contribution is -2.13. The predicted octanol–water partition coefficient (Wildman–Crippen LogP) is 2.31. The molecular weight excluding hydrogens is 371 g/mol. The van der Waals surface area contributed by atoms with E-state index < -0.39 is 15.8 Å². The van der Waals surface area contributed by atoms with Crippen molar-refractivity contribution in [2.24, 2.45) is 0 Å². The Hall–Kier alpha value is -3.53. The molecule has 8 nitrogen and oxygen atoms in total. The summed E-state index contributed by atoms with van der Waals surface area (Å²) in [5.41, 5.74) is 7.67. The standard InChI is InChI=1S/C17H13FN6O2S/c18-13-2-4-14(5-3-13)23-27(25,26)15-7-12(8-20-9-15)11-1-6-16-21-17(19)22-24(16)10-11/h1-10,23H,(H2,19,22). The minimum Gasteiger partial charge on any atom is -0.366 e. The van der Waals surface area contributed by atoms with Crippen LogP contribution in [0.5, 0.6) is 0 Å². The normalized spacial score (nSPS) is 11.6. The zero-order valence-electron chi connectivity index (χ0n) is 13.7. The second-order valence-electron chi connectivity index (χ2n) is 5.71. The molecule has 0 bridgehead atoms. The van der Waals surface area contributed by atoms with Gasteiger partial charge >= 0.3 is 0 Å². The van der Waals surface area contributed by atoms with Gasteiger partial charge in [0.15, 0.2) is 5.65 Å². The summed E-state index contributed by atoms with van der Waals surface area (Å²) in [6, 6.07) is 10.00. The summed E-state index contributed by atoms with van der Waals surface area (Å²) in [6.45, 7) is 0. The van der Waals surface area contributed by atoms with Crippen molar-refractivity contribution < 1.29 is 12.8 Å². The van der Waals surface area contributed by atoms with Crippen LogP contribution >= 0.6 is 0 Å². The molecule has 0 amide bonds. The van der Waals surface area contributed by atoms with Crippen LogP contribution in [0.4, 0.5) is 16.0 Å². The number of benzene rings is 1. The Labute approximate surface area is 153 Å². The van der Waals surface area contributed by atoms with E-state index in [1.807, 2.05) is 0 Å². The molecule has 0 saturated carbocycles. The number of nitrogens with one attached hydrogen (secondary N) is 1. The lowest BCUT2D eigenvalue weighted by Gasteiger charge is -2.09. The predicted molar refractivity (Wildman–Crippen MR) is 97.8 cm³/mol. The highest BCUT2D eigenvalue weighted by atomic mass is 32.2. The summed E-state index contributed by atoms with van der Waals surface area (Å²) >= 11 is 0. The van der Waals surface area contributed by atoms with Gasteiger partial charge in [0.2, 0.25) is 5.95 Å². The van der Waals surface area contributed by atoms with E-state index >= 15 is 0 Å². The summed E-state index contributed by atoms with van der Waals surface area (Å²) in [7, 11) is -3.88. The van der Waals surface area contributed by atoms with E-state index in [0.29, 0.717) is 16.8 Å². The number of fused-ring (bicyclic) bond motifs is 1. The molecular formula is C17H13FN6O2S. The van der Waals surface area contributed by atoms with Gasteiger partial charge in [-0.05, 0) is 42.5 Å². The molecule has 0 unspecified atom stereocenters. The van der Waals surface area contributed by atoms with Crippen molar-refractivity contribution in [2.75, 3.05) is 10.5 Å². The van der Waals surface area contributed by atoms with Crippen LogP contribution in [0.2, 0.25) is 0 Å². The molecule has 4 aromatic rings. The number of nitrogens with zero attached hydrogens (tertiary/aromatic N) is 4. The Morgan fingerprint density at radius 2 is 1.81 bits per heavy atom. The number of hydrogen-bond donors (Lipinski definition) is 2. The second-order valence-corrected chi connectivity index (χ2v) is 7.39. The topological polar surface area (TPSA) is 115 Å². The van der Waals surface area contributed by atoms with Crippen molar-refractivity contribution in [2.45, 2.75) is 4.90 Å². The van der Waals surface area contributed by atoms with Crippen LogP contribution in [-0.2, 0) is 10.0 Å². The zero-order valence-corrected chi connectivity index (χ0v) is 14.6. The van der Waals surface area contributed by atoms with Gasteiger partial charge in [0.05, 0.1) is 0 Å². The highest BCUT2D eigenvalue weighted by Gasteiger charge is 2.16. The summed E-state index contributed by atoms with van der Waals surface area (Å²) in [5.74, 6) is -0.309. The third-order valence-electron chi connectivity index (χ3n) is 3.80. The molecule has 3 N–H and O–H groups in total. The summed E-state index contributed by atoms with van der Waals surface area (Å²) in [5, 5.41) is 4.04. The van der Waals surface area contributed by atoms with Gasteiger partial charge in [0, 0.05) is 35.4 Å². The zero-order chi connectivity index (χ0) is 19.0. The number of nitrogens with two attached hydrogens (primary N) is 1. The number of nitrogen functional groups attached to an aromatic ring is 1. The molecule has 0 spiro atoms. The average Bonchev–Trinajstić information content (AvgIpc) is 3.03. The van der Waals surface area contributed by atoms with Crippen molar-refractivity contribution in [1.29, 1.82) is 0 Å². The molecule has 0 atom stereocenters. The Bertz CT molecular complexity index is 1240. The number of aromatic nitrogens is 4. The Kier molecular flexibility index (Phi) is 3.96. The maximum atomic E-state index is 13.0. The molecule has 0 saturated heterocycles. The van der Waals surface area contributed by atoms with Crippen LogP contribution < -0.4 is 10.5 Å². The number of hydrogen-bond acceptors (Lipinski definition) is 6. The first-order valence-corrected chi connectivity index (χ1v) is 9.25. The van der Waals surface area contributed by atoms with Crippen molar-refractivity contribution in [3.05, 3.63) is 66.9 Å². The smallest absolute Gasteiger partial charge is 0.263 e. The molecule has 10 heteroatoms. The van der Waals surface area contributed by atoms with Crippen molar-refractivity contribution >= 4 is 27.3 Å². The van der Waals surface area contributed by atoms with E-state index in [1.54, 1.807) is 24.5 Å². The van der Waals surface area contributed by atoms with Gasteiger partial charge in [-0.15, -0.1) is 5.10 Å². The SMILES string of the molecule is Nc1nc2ccc(-c3cncc(S(=O)(=O)Nc4ccc(F)cc4)c3)cn2n1. The Balaban J connectivity index is 1.69. The summed E-state index contributed by atoms with van der Waals surface area (Å²) in [6.07, 6.45) is 4.46. The van der Waals surface area contributed by atoms with Crippen LogP contribution in [0.1, 0.15) is 0 Å². The van der Waals surface area contributed by atoms with Crippen LogP contribution in [0.15, 0.2) is 66.0 Å². The molecule has 136 valence electrons. The van der Waals surface area contributed by atoms with Gasteiger partial charge in [0.1, 0.15) is 10.7 Å². The van der Waals surface area contributed by atoms with Crippen LogP contribution in [0, 0.1) is 5.82 Å². The van der Waals surface area contributed by atoms with Gasteiger partial charge < -0.3 is 5.73 Å². The summed E-state index contributed by atoms with van der Waals surface area (Å²) in [4.78, 5) is 8.03. The average molecular weight is 384 g/mol. The first kappa shape index (κ1) is 16.9. The first-order valence-electron chi connectivity index (χ1n) is 7.76. The fraction of sp³-hybridized carbons (Fsp3) is 0. The molecule has 3 heterocycles. The highest BCUT2D eigenvalue weighted by Crippen LogP contribution is 2.23. The van der Waals surface area contributed by atoms with Gasteiger partial charge in [-0.25, -0.2) is 17.3 Å². The van der Waals surface area contributed by atoms with E-state index in [1.165, 1.54) is 41.0 Å². The summed E-state index contributed by atoms with van der Waals surface area (Å²) < 4.78 is 42.1. The second kappa shape index (κ2) is 6.32. The number of rotatable bonds is 4. The van der Waals surface area contributed by atoms with E-state index in [0.717, 1.165) is 0 Å². The Morgan fingerprint density at radius 3 is 2.59 bits per heavy atom. The van der Waals surface area contributed by atoms with Crippen molar-refractivity contribution in [3.63, 3.8) is 0 Å². The maximum Gasteiger partial charge on any atom is 0.263 e. The highest BCUT2D eigenvalue weighted by molar-refractivity contribution is 7.92. The minimum atomic E-state index is -3.88. The maximum absolute atomic E-state index is 13.0. The largest absolute Gasteiger partial charge is 0.366 e. The van der Waals surface area contributed by atoms with Crippen LogP contribution in [0.3, 0.4) is 0 Å². The Morgan fingerprint density at radius 1 is 1.04 bits per heavy atom. The quantitative estimate of drug-likeness (QED) is 0.558. The number of pyridine rings is 2. The fourth-order valence-corrected chi connectivity index (χ4v) is 3.57. The molecule has 27 heavy (non-hydrogen) atoms. The third-order valence-corrected chi connectivity index (χ3v) is 5.15. The van der Waals surface area contributed by atoms with Gasteiger partial charge in [-0.2, -0.15) is 4.98 Å². The monoisotopic (exact) mass is 384 g/mol. The van der Waals surface area contributed by atoms with Crippen molar-refractivity contribution in [3.8, 4) is 11.1 Å². The van der Waals surface area contributed by atoms with E-state index in [9.17, 15) is 12.8 Å². The molecule has 1 aromatic carbocycles. The number of anilines is 2. The minimum absolute atomic E-state index is 0.0254. The number of sulfonamides is 1. The van der Waals surface area contributed by atoms with E-state index in [-0.39, 0.29) is 16.5 Å².